The summed E-state index contributed by atoms with van der Waals surface area (Å²) in [6.07, 6.45) is 0.418. The predicted octanol–water partition coefficient (Wildman–Crippen LogP) is 0.329. The van der Waals surface area contributed by atoms with Crippen molar-refractivity contribution in [2.75, 3.05) is 13.1 Å². The van der Waals surface area contributed by atoms with Gasteiger partial charge in [-0.1, -0.05) is 42.5 Å². The summed E-state index contributed by atoms with van der Waals surface area (Å²) in [4.78, 5) is 32.3. The number of primary amides is 1. The van der Waals surface area contributed by atoms with Gasteiger partial charge in [-0.05, 0) is 29.7 Å². The van der Waals surface area contributed by atoms with E-state index < -0.39 is 17.9 Å². The van der Waals surface area contributed by atoms with Crippen molar-refractivity contribution < 1.29 is 19.5 Å². The van der Waals surface area contributed by atoms with Crippen LogP contribution in [0.3, 0.4) is 0 Å². The molecule has 1 saturated heterocycles. The second kappa shape index (κ2) is 10.2. The number of benzene rings is 2. The van der Waals surface area contributed by atoms with Gasteiger partial charge in [0.25, 0.3) is 0 Å². The number of rotatable bonds is 5. The van der Waals surface area contributed by atoms with E-state index in [1.807, 2.05) is 42.5 Å². The molecule has 2 aromatic rings. The third kappa shape index (κ3) is 6.19. The van der Waals surface area contributed by atoms with Crippen LogP contribution in [0.15, 0.2) is 54.6 Å². The molecule has 1 fully saturated rings. The lowest BCUT2D eigenvalue weighted by Gasteiger charge is -2.09. The molecule has 7 N–H and O–H groups in total. The van der Waals surface area contributed by atoms with Crippen LogP contribution in [0, 0.1) is 0 Å². The minimum atomic E-state index is -0.885. The van der Waals surface area contributed by atoms with E-state index in [2.05, 4.69) is 10.6 Å². The summed E-state index contributed by atoms with van der Waals surface area (Å²) < 4.78 is 0. The molecule has 28 heavy (non-hydrogen) atoms. The normalized spacial score (nSPS) is 17.9. The maximum atomic E-state index is 11.0. The molecule has 2 aromatic carbocycles. The Kier molecular flexibility index (Phi) is 7.67. The molecule has 148 valence electrons. The smallest absolute Gasteiger partial charge is 0.320 e. The van der Waals surface area contributed by atoms with Crippen molar-refractivity contribution in [1.29, 1.82) is 0 Å². The minimum absolute atomic E-state index is 0.0613. The van der Waals surface area contributed by atoms with Gasteiger partial charge in [0.2, 0.25) is 11.8 Å². The van der Waals surface area contributed by atoms with Crippen molar-refractivity contribution >= 4 is 17.8 Å². The molecule has 1 aliphatic heterocycles. The van der Waals surface area contributed by atoms with E-state index in [1.54, 1.807) is 12.1 Å². The third-order valence-corrected chi connectivity index (χ3v) is 4.23. The minimum Gasteiger partial charge on any atom is -0.480 e. The molecule has 0 aromatic heterocycles. The van der Waals surface area contributed by atoms with Crippen LogP contribution < -0.4 is 22.1 Å². The van der Waals surface area contributed by atoms with Crippen LogP contribution in [0.5, 0.6) is 0 Å². The van der Waals surface area contributed by atoms with Crippen molar-refractivity contribution in [3.63, 3.8) is 0 Å². The molecule has 0 radical (unpaired) electrons. The summed E-state index contributed by atoms with van der Waals surface area (Å²) in [6.45, 7) is 0.428. The largest absolute Gasteiger partial charge is 0.480 e. The second-order valence-corrected chi connectivity index (χ2v) is 6.31. The van der Waals surface area contributed by atoms with Crippen molar-refractivity contribution in [3.8, 4) is 11.1 Å². The Morgan fingerprint density at radius 2 is 1.75 bits per heavy atom. The second-order valence-electron chi connectivity index (χ2n) is 6.31. The summed E-state index contributed by atoms with van der Waals surface area (Å²) in [5.41, 5.74) is 12.9. The number of hydrogen-bond donors (Lipinski definition) is 5. The molecule has 2 amide bonds. The standard InChI is InChI=1S/C13H11NO.C7H13N3O3/c14-13(15)12-8-4-7-11(9-12)10-5-2-1-3-6-10;8-2-6(11)10-4-1-5(7(12)13)9-3-4/h1-9H,(H2,14,15);4-5,9H,1-3,8H2,(H,10,11)(H,12,13)/t;4-,5+/m.1/s1. The molecular formula is C20H24N4O4. The summed E-state index contributed by atoms with van der Waals surface area (Å²) in [6, 6.07) is 16.5. The zero-order valence-corrected chi connectivity index (χ0v) is 15.3. The fraction of sp³-hybridized carbons (Fsp3) is 0.250. The first-order valence-corrected chi connectivity index (χ1v) is 8.81. The van der Waals surface area contributed by atoms with Gasteiger partial charge < -0.3 is 27.2 Å². The van der Waals surface area contributed by atoms with Crippen molar-refractivity contribution in [3.05, 3.63) is 60.2 Å². The zero-order chi connectivity index (χ0) is 20.5. The van der Waals surface area contributed by atoms with Crippen LogP contribution in [-0.4, -0.2) is 48.1 Å². The molecule has 1 heterocycles. The molecule has 0 saturated carbocycles. The fourth-order valence-corrected chi connectivity index (χ4v) is 2.80. The number of carboxylic acids is 1. The fourth-order valence-electron chi connectivity index (χ4n) is 2.80. The number of amides is 2. The van der Waals surface area contributed by atoms with Gasteiger partial charge in [-0.25, -0.2) is 0 Å². The lowest BCUT2D eigenvalue weighted by Crippen LogP contribution is -2.39. The van der Waals surface area contributed by atoms with Crippen LogP contribution in [0.4, 0.5) is 0 Å². The first kappa shape index (κ1) is 21.1. The average molecular weight is 384 g/mol. The number of hydrogen-bond acceptors (Lipinski definition) is 5. The number of nitrogens with two attached hydrogens (primary N) is 2. The molecule has 8 heteroatoms. The number of carbonyl (C=O) groups is 3. The predicted molar refractivity (Wildman–Crippen MR) is 105 cm³/mol. The molecular weight excluding hydrogens is 360 g/mol. The molecule has 1 aliphatic rings. The summed E-state index contributed by atoms with van der Waals surface area (Å²) >= 11 is 0. The highest BCUT2D eigenvalue weighted by Crippen LogP contribution is 2.19. The Bertz CT molecular complexity index is 826. The monoisotopic (exact) mass is 384 g/mol. The SMILES string of the molecule is NC(=O)c1cccc(-c2ccccc2)c1.NCC(=O)N[C@H]1CN[C@H](C(=O)O)C1. The van der Waals surface area contributed by atoms with Gasteiger partial charge in [0.1, 0.15) is 6.04 Å². The van der Waals surface area contributed by atoms with Crippen LogP contribution in [0.25, 0.3) is 11.1 Å². The Morgan fingerprint density at radius 3 is 2.32 bits per heavy atom. The van der Waals surface area contributed by atoms with Crippen LogP contribution in [0.1, 0.15) is 16.8 Å². The van der Waals surface area contributed by atoms with Crippen molar-refractivity contribution in [2.45, 2.75) is 18.5 Å². The van der Waals surface area contributed by atoms with E-state index in [1.165, 1.54) is 0 Å². The Labute approximate surface area is 162 Å². The first-order chi connectivity index (χ1) is 13.4. The van der Waals surface area contributed by atoms with Crippen LogP contribution in [0.2, 0.25) is 0 Å². The Balaban J connectivity index is 0.000000203. The van der Waals surface area contributed by atoms with E-state index in [0.717, 1.165) is 11.1 Å². The average Bonchev–Trinajstić information content (AvgIpc) is 3.18. The molecule has 0 aliphatic carbocycles. The van der Waals surface area contributed by atoms with Gasteiger partial charge in [-0.2, -0.15) is 0 Å². The molecule has 3 rings (SSSR count). The lowest BCUT2D eigenvalue weighted by atomic mass is 10.0. The Hall–Kier alpha value is -3.23. The molecule has 0 unspecified atom stereocenters. The number of carbonyl (C=O) groups excluding carboxylic acids is 2. The zero-order valence-electron chi connectivity index (χ0n) is 15.3. The van der Waals surface area contributed by atoms with Crippen molar-refractivity contribution in [1.82, 2.24) is 10.6 Å². The number of carboxylic acid groups (broad SMARTS) is 1. The van der Waals surface area contributed by atoms with Crippen LogP contribution in [-0.2, 0) is 9.59 Å². The third-order valence-electron chi connectivity index (χ3n) is 4.23. The lowest BCUT2D eigenvalue weighted by molar-refractivity contribution is -0.139. The molecule has 8 nitrogen and oxygen atoms in total. The molecule has 0 bridgehead atoms. The van der Waals surface area contributed by atoms with E-state index >= 15 is 0 Å². The van der Waals surface area contributed by atoms with Gasteiger partial charge >= 0.3 is 5.97 Å². The Morgan fingerprint density at radius 1 is 1.07 bits per heavy atom. The highest BCUT2D eigenvalue weighted by atomic mass is 16.4. The van der Waals surface area contributed by atoms with Gasteiger partial charge in [-0.15, -0.1) is 0 Å². The molecule has 2 atom stereocenters. The van der Waals surface area contributed by atoms with Gasteiger partial charge in [0, 0.05) is 18.2 Å². The van der Waals surface area contributed by atoms with E-state index in [0.29, 0.717) is 18.5 Å². The topological polar surface area (TPSA) is 148 Å². The maximum absolute atomic E-state index is 11.0. The summed E-state index contributed by atoms with van der Waals surface area (Å²) in [5, 5.41) is 14.0. The first-order valence-electron chi connectivity index (χ1n) is 8.81. The van der Waals surface area contributed by atoms with E-state index in [-0.39, 0.29) is 18.5 Å². The number of nitrogens with one attached hydrogen (secondary N) is 2. The molecule has 0 spiro atoms. The van der Waals surface area contributed by atoms with E-state index in [9.17, 15) is 14.4 Å². The van der Waals surface area contributed by atoms with Gasteiger partial charge in [0.05, 0.1) is 6.54 Å². The van der Waals surface area contributed by atoms with Crippen LogP contribution >= 0.6 is 0 Å². The maximum Gasteiger partial charge on any atom is 0.320 e. The van der Waals surface area contributed by atoms with Gasteiger partial charge in [-0.3, -0.25) is 14.4 Å². The van der Waals surface area contributed by atoms with Gasteiger partial charge in [0.15, 0.2) is 0 Å². The van der Waals surface area contributed by atoms with E-state index in [4.69, 9.17) is 16.6 Å². The number of aliphatic carboxylic acids is 1. The highest BCUT2D eigenvalue weighted by Gasteiger charge is 2.29. The highest BCUT2D eigenvalue weighted by molar-refractivity contribution is 5.94. The summed E-state index contributed by atoms with van der Waals surface area (Å²) in [7, 11) is 0. The van der Waals surface area contributed by atoms with Crippen molar-refractivity contribution in [2.24, 2.45) is 11.5 Å². The summed E-state index contributed by atoms with van der Waals surface area (Å²) in [5.74, 6) is -1.53. The quantitative estimate of drug-likeness (QED) is 0.502.